The lowest BCUT2D eigenvalue weighted by molar-refractivity contribution is -0.662. The Morgan fingerprint density at radius 3 is 1.81 bits per heavy atom. The number of aromatic nitrogens is 1. The van der Waals surface area contributed by atoms with Crippen molar-refractivity contribution in [2.24, 2.45) is 0 Å². The van der Waals surface area contributed by atoms with Gasteiger partial charge in [-0.05, 0) is 39.7 Å². The van der Waals surface area contributed by atoms with E-state index in [1.165, 1.54) is 38.0 Å². The molecule has 0 N–H and O–H groups in total. The van der Waals surface area contributed by atoms with Gasteiger partial charge in [0.1, 0.15) is 0 Å². The van der Waals surface area contributed by atoms with Crippen LogP contribution in [0.15, 0.2) is 97.2 Å². The van der Waals surface area contributed by atoms with Gasteiger partial charge in [0.25, 0.3) is 0 Å². The molecular weight excluding hydrogens is 338 g/mol. The molecule has 0 amide bonds. The van der Waals surface area contributed by atoms with Crippen molar-refractivity contribution in [1.29, 1.82) is 0 Å². The minimum Gasteiger partial charge on any atom is -1.00 e. The average molecular weight is 356 g/mol. The number of hydrogen-bond acceptors (Lipinski definition) is 0. The van der Waals surface area contributed by atoms with E-state index in [2.05, 4.69) is 102 Å². The van der Waals surface area contributed by atoms with Crippen molar-refractivity contribution in [2.45, 2.75) is 6.54 Å². The van der Waals surface area contributed by atoms with Crippen molar-refractivity contribution >= 4 is 32.4 Å². The Morgan fingerprint density at radius 1 is 0.577 bits per heavy atom. The van der Waals surface area contributed by atoms with Gasteiger partial charge in [-0.2, -0.15) is 4.57 Å². The molecule has 0 aliphatic carbocycles. The number of fused-ring (bicyclic) bond motifs is 3. The van der Waals surface area contributed by atoms with Crippen LogP contribution in [0.4, 0.5) is 0 Å². The molecule has 0 saturated heterocycles. The molecule has 0 aliphatic rings. The van der Waals surface area contributed by atoms with Gasteiger partial charge < -0.3 is 12.4 Å². The Balaban J connectivity index is 0.00000168. The van der Waals surface area contributed by atoms with E-state index in [-0.39, 0.29) is 12.4 Å². The zero-order valence-electron chi connectivity index (χ0n) is 14.3. The van der Waals surface area contributed by atoms with E-state index in [0.717, 1.165) is 6.54 Å². The van der Waals surface area contributed by atoms with E-state index < -0.39 is 0 Å². The molecule has 0 bridgehead atoms. The van der Waals surface area contributed by atoms with Crippen molar-refractivity contribution < 1.29 is 17.0 Å². The Bertz CT molecular complexity index is 1170. The standard InChI is InChI=1S/C24H18N.ClH/c1-4-12-21-19(9-1)16-20-10-2-5-13-22(20)23(21)17-25-15-7-11-18-8-3-6-14-24(18)25;/h1-16H,17H2;1H/q+1;/p-1. The van der Waals surface area contributed by atoms with Crippen molar-refractivity contribution in [1.82, 2.24) is 0 Å². The highest BCUT2D eigenvalue weighted by Crippen LogP contribution is 2.28. The summed E-state index contributed by atoms with van der Waals surface area (Å²) in [7, 11) is 0. The lowest BCUT2D eigenvalue weighted by atomic mass is 9.96. The number of para-hydroxylation sites is 1. The van der Waals surface area contributed by atoms with E-state index in [4.69, 9.17) is 0 Å². The molecule has 0 atom stereocenters. The number of pyridine rings is 1. The number of halogens is 1. The molecule has 5 aromatic rings. The molecule has 0 aliphatic heterocycles. The molecule has 0 fully saturated rings. The number of nitrogens with zero attached hydrogens (tertiary/aromatic N) is 1. The van der Waals surface area contributed by atoms with Crippen LogP contribution in [-0.2, 0) is 6.54 Å². The van der Waals surface area contributed by atoms with E-state index in [1.807, 2.05) is 0 Å². The monoisotopic (exact) mass is 355 g/mol. The molecule has 0 radical (unpaired) electrons. The van der Waals surface area contributed by atoms with Gasteiger partial charge in [-0.1, -0.05) is 60.7 Å². The Kier molecular flexibility index (Phi) is 4.32. The molecule has 0 saturated carbocycles. The molecule has 126 valence electrons. The van der Waals surface area contributed by atoms with Crippen molar-refractivity contribution in [3.8, 4) is 0 Å². The maximum Gasteiger partial charge on any atom is 0.212 e. The largest absolute Gasteiger partial charge is 1.00 e. The van der Waals surface area contributed by atoms with Gasteiger partial charge in [-0.3, -0.25) is 0 Å². The van der Waals surface area contributed by atoms with E-state index in [0.29, 0.717) is 0 Å². The molecule has 1 heterocycles. The van der Waals surface area contributed by atoms with Crippen LogP contribution in [0.25, 0.3) is 32.4 Å². The SMILES string of the molecule is [Cl-].c1ccc2c(C[n+]3cccc4ccccc43)c3ccccc3cc2c1. The second-order valence-corrected chi connectivity index (χ2v) is 6.49. The highest BCUT2D eigenvalue weighted by Gasteiger charge is 2.14. The van der Waals surface area contributed by atoms with Gasteiger partial charge in [0.15, 0.2) is 12.7 Å². The number of benzene rings is 4. The molecule has 1 nitrogen and oxygen atoms in total. The molecule has 0 unspecified atom stereocenters. The summed E-state index contributed by atoms with van der Waals surface area (Å²) in [6.07, 6.45) is 2.18. The van der Waals surface area contributed by atoms with Gasteiger partial charge in [0.2, 0.25) is 5.52 Å². The van der Waals surface area contributed by atoms with Crippen LogP contribution in [0.3, 0.4) is 0 Å². The van der Waals surface area contributed by atoms with Gasteiger partial charge in [0, 0.05) is 23.1 Å². The predicted octanol–water partition coefficient (Wildman–Crippen LogP) is 2.49. The Hall–Kier alpha value is -2.90. The fourth-order valence-electron chi connectivity index (χ4n) is 3.81. The third-order valence-electron chi connectivity index (χ3n) is 5.00. The van der Waals surface area contributed by atoms with E-state index >= 15 is 0 Å². The van der Waals surface area contributed by atoms with Crippen LogP contribution < -0.4 is 17.0 Å². The Labute approximate surface area is 158 Å². The summed E-state index contributed by atoms with van der Waals surface area (Å²) in [6, 6.07) is 32.6. The second kappa shape index (κ2) is 6.78. The van der Waals surface area contributed by atoms with E-state index in [9.17, 15) is 0 Å². The number of rotatable bonds is 2. The molecule has 1 aromatic heterocycles. The van der Waals surface area contributed by atoms with Crippen LogP contribution in [0.5, 0.6) is 0 Å². The van der Waals surface area contributed by atoms with Gasteiger partial charge in [-0.15, -0.1) is 0 Å². The second-order valence-electron chi connectivity index (χ2n) is 6.49. The van der Waals surface area contributed by atoms with Crippen LogP contribution in [0.1, 0.15) is 5.56 Å². The molecule has 2 heteroatoms. The lowest BCUT2D eigenvalue weighted by Gasteiger charge is -2.10. The average Bonchev–Trinajstić information content (AvgIpc) is 2.68. The fourth-order valence-corrected chi connectivity index (χ4v) is 3.81. The fraction of sp³-hybridized carbons (Fsp3) is 0.0417. The molecule has 4 aromatic carbocycles. The maximum atomic E-state index is 2.35. The normalized spacial score (nSPS) is 10.9. The lowest BCUT2D eigenvalue weighted by Crippen LogP contribution is -3.00. The molecule has 0 spiro atoms. The summed E-state index contributed by atoms with van der Waals surface area (Å²) in [4.78, 5) is 0. The van der Waals surface area contributed by atoms with Crippen molar-refractivity contribution in [3.05, 3.63) is 103 Å². The minimum atomic E-state index is 0. The molecule has 5 rings (SSSR count). The van der Waals surface area contributed by atoms with E-state index in [1.54, 1.807) is 0 Å². The topological polar surface area (TPSA) is 3.88 Å². The molecular formula is C24H18ClN. The van der Waals surface area contributed by atoms with Crippen LogP contribution in [0.2, 0.25) is 0 Å². The van der Waals surface area contributed by atoms with Gasteiger partial charge in [-0.25, -0.2) is 0 Å². The van der Waals surface area contributed by atoms with Crippen LogP contribution in [0, 0.1) is 0 Å². The quantitative estimate of drug-likeness (QED) is 0.338. The smallest absolute Gasteiger partial charge is 0.212 e. The summed E-state index contributed by atoms with van der Waals surface area (Å²) in [5, 5.41) is 6.55. The van der Waals surface area contributed by atoms with Crippen LogP contribution in [-0.4, -0.2) is 0 Å². The third kappa shape index (κ3) is 2.71. The first-order valence-electron chi connectivity index (χ1n) is 8.67. The minimum absolute atomic E-state index is 0. The van der Waals surface area contributed by atoms with Crippen molar-refractivity contribution in [3.63, 3.8) is 0 Å². The molecule has 26 heavy (non-hydrogen) atoms. The third-order valence-corrected chi connectivity index (χ3v) is 5.00. The number of hydrogen-bond donors (Lipinski definition) is 0. The first-order chi connectivity index (χ1) is 12.4. The summed E-state index contributed by atoms with van der Waals surface area (Å²) in [5.41, 5.74) is 2.65. The first kappa shape index (κ1) is 16.6. The Morgan fingerprint density at radius 2 is 1.12 bits per heavy atom. The highest BCUT2D eigenvalue weighted by atomic mass is 35.5. The summed E-state index contributed by atoms with van der Waals surface area (Å²) in [6.45, 7) is 0.864. The summed E-state index contributed by atoms with van der Waals surface area (Å²) >= 11 is 0. The maximum absolute atomic E-state index is 2.35. The van der Waals surface area contributed by atoms with Crippen molar-refractivity contribution in [2.75, 3.05) is 0 Å². The zero-order chi connectivity index (χ0) is 16.6. The summed E-state index contributed by atoms with van der Waals surface area (Å²) in [5.74, 6) is 0. The van der Waals surface area contributed by atoms with Gasteiger partial charge >= 0.3 is 0 Å². The predicted molar refractivity (Wildman–Crippen MR) is 105 cm³/mol. The highest BCUT2D eigenvalue weighted by molar-refractivity contribution is 6.02. The zero-order valence-corrected chi connectivity index (χ0v) is 15.0. The first-order valence-corrected chi connectivity index (χ1v) is 8.67. The van der Waals surface area contributed by atoms with Crippen LogP contribution >= 0.6 is 0 Å². The van der Waals surface area contributed by atoms with Gasteiger partial charge in [0.05, 0.1) is 0 Å². The summed E-state index contributed by atoms with van der Waals surface area (Å²) < 4.78 is 2.35.